The van der Waals surface area contributed by atoms with E-state index >= 15 is 0 Å². The third kappa shape index (κ3) is 5.49. The minimum Gasteiger partial charge on any atom is -0.370 e. The van der Waals surface area contributed by atoms with Crippen LogP contribution in [0.1, 0.15) is 18.2 Å². The highest BCUT2D eigenvalue weighted by Gasteiger charge is 2.07. The van der Waals surface area contributed by atoms with Crippen molar-refractivity contribution in [2.24, 2.45) is 0 Å². The fraction of sp³-hybridized carbons (Fsp3) is 0.353. The van der Waals surface area contributed by atoms with Gasteiger partial charge in [-0.2, -0.15) is 4.98 Å². The van der Waals surface area contributed by atoms with Gasteiger partial charge < -0.3 is 16.0 Å². The summed E-state index contributed by atoms with van der Waals surface area (Å²) in [6.07, 6.45) is 0.0260. The van der Waals surface area contributed by atoms with Crippen molar-refractivity contribution in [2.45, 2.75) is 20.3 Å². The molecule has 24 heavy (non-hydrogen) atoms. The van der Waals surface area contributed by atoms with E-state index in [0.717, 1.165) is 18.1 Å². The number of nitrogens with one attached hydrogen (secondary N) is 3. The van der Waals surface area contributed by atoms with Crippen LogP contribution in [0.2, 0.25) is 0 Å². The van der Waals surface area contributed by atoms with Crippen LogP contribution in [0.3, 0.4) is 0 Å². The molecule has 3 N–H and O–H groups in total. The molecule has 0 radical (unpaired) electrons. The molecule has 1 aromatic heterocycles. The lowest BCUT2D eigenvalue weighted by molar-refractivity contribution is -0.120. The van der Waals surface area contributed by atoms with Crippen LogP contribution in [-0.4, -0.2) is 35.5 Å². The van der Waals surface area contributed by atoms with E-state index < -0.39 is 0 Å². The molecule has 1 aromatic carbocycles. The van der Waals surface area contributed by atoms with Crippen molar-refractivity contribution in [1.82, 2.24) is 15.3 Å². The third-order valence-electron chi connectivity index (χ3n) is 3.25. The average Bonchev–Trinajstić information content (AvgIpc) is 2.54. The van der Waals surface area contributed by atoms with Crippen molar-refractivity contribution in [3.8, 4) is 0 Å². The number of aromatic nitrogens is 2. The molecule has 0 aliphatic heterocycles. The number of carbonyl (C=O) groups is 1. The van der Waals surface area contributed by atoms with Crippen LogP contribution in [0.15, 0.2) is 30.3 Å². The van der Waals surface area contributed by atoms with Crippen molar-refractivity contribution in [2.75, 3.05) is 30.3 Å². The van der Waals surface area contributed by atoms with E-state index in [4.69, 9.17) is 0 Å². The SMILES string of the molecule is CCNc1cc(C)nc(NCCNC(=O)Cc2ccccc2F)n1. The lowest BCUT2D eigenvalue weighted by Gasteiger charge is -2.10. The number of rotatable bonds is 8. The molecule has 6 nitrogen and oxygen atoms in total. The van der Waals surface area contributed by atoms with Crippen molar-refractivity contribution in [3.05, 3.63) is 47.4 Å². The molecule has 0 bridgehead atoms. The van der Waals surface area contributed by atoms with Crippen LogP contribution >= 0.6 is 0 Å². The molecule has 0 fully saturated rings. The summed E-state index contributed by atoms with van der Waals surface area (Å²) in [5.41, 5.74) is 1.24. The first-order valence-corrected chi connectivity index (χ1v) is 7.92. The van der Waals surface area contributed by atoms with Gasteiger partial charge in [0, 0.05) is 31.4 Å². The minimum atomic E-state index is -0.366. The smallest absolute Gasteiger partial charge is 0.224 e. The van der Waals surface area contributed by atoms with E-state index in [1.54, 1.807) is 18.2 Å². The molecule has 0 aliphatic rings. The first-order chi connectivity index (χ1) is 11.6. The molecule has 128 valence electrons. The van der Waals surface area contributed by atoms with Gasteiger partial charge in [-0.25, -0.2) is 9.37 Å². The Morgan fingerprint density at radius 1 is 1.17 bits per heavy atom. The number of benzene rings is 1. The van der Waals surface area contributed by atoms with Crippen molar-refractivity contribution >= 4 is 17.7 Å². The monoisotopic (exact) mass is 331 g/mol. The van der Waals surface area contributed by atoms with Gasteiger partial charge in [0.05, 0.1) is 6.42 Å². The largest absolute Gasteiger partial charge is 0.370 e. The Labute approximate surface area is 140 Å². The Hall–Kier alpha value is -2.70. The van der Waals surface area contributed by atoms with E-state index in [1.807, 2.05) is 19.9 Å². The van der Waals surface area contributed by atoms with Gasteiger partial charge in [-0.15, -0.1) is 0 Å². The Morgan fingerprint density at radius 3 is 2.71 bits per heavy atom. The summed E-state index contributed by atoms with van der Waals surface area (Å²) in [5, 5.41) is 8.94. The molecule has 0 atom stereocenters. The van der Waals surface area contributed by atoms with Crippen molar-refractivity contribution in [3.63, 3.8) is 0 Å². The number of carbonyl (C=O) groups excluding carboxylic acids is 1. The first-order valence-electron chi connectivity index (χ1n) is 7.92. The van der Waals surface area contributed by atoms with Gasteiger partial charge in [0.2, 0.25) is 11.9 Å². The number of anilines is 2. The predicted molar refractivity (Wildman–Crippen MR) is 92.5 cm³/mol. The highest BCUT2D eigenvalue weighted by Crippen LogP contribution is 2.09. The topological polar surface area (TPSA) is 78.9 Å². The molecular formula is C17H22FN5O. The molecule has 0 saturated heterocycles. The summed E-state index contributed by atoms with van der Waals surface area (Å²) in [6, 6.07) is 8.14. The highest BCUT2D eigenvalue weighted by molar-refractivity contribution is 5.78. The van der Waals surface area contributed by atoms with E-state index in [0.29, 0.717) is 24.6 Å². The van der Waals surface area contributed by atoms with E-state index in [9.17, 15) is 9.18 Å². The summed E-state index contributed by atoms with van der Waals surface area (Å²) >= 11 is 0. The van der Waals surface area contributed by atoms with Gasteiger partial charge in [0.1, 0.15) is 11.6 Å². The number of hydrogen-bond acceptors (Lipinski definition) is 5. The molecule has 2 rings (SSSR count). The molecule has 7 heteroatoms. The molecule has 0 aliphatic carbocycles. The van der Waals surface area contributed by atoms with Crippen LogP contribution in [0.25, 0.3) is 0 Å². The third-order valence-corrected chi connectivity index (χ3v) is 3.25. The molecule has 0 spiro atoms. The van der Waals surface area contributed by atoms with Crippen LogP contribution in [0.4, 0.5) is 16.2 Å². The standard InChI is InChI=1S/C17H22FN5O/c1-3-19-15-10-12(2)22-17(23-15)21-9-8-20-16(24)11-13-6-4-5-7-14(13)18/h4-7,10H,3,8-9,11H2,1-2H3,(H,20,24)(H2,19,21,22,23). The molecular weight excluding hydrogens is 309 g/mol. The predicted octanol–water partition coefficient (Wildman–Crippen LogP) is 2.13. The second kappa shape index (κ2) is 8.81. The Bertz CT molecular complexity index is 692. The van der Waals surface area contributed by atoms with E-state index in [-0.39, 0.29) is 18.1 Å². The van der Waals surface area contributed by atoms with Gasteiger partial charge in [-0.1, -0.05) is 18.2 Å². The van der Waals surface area contributed by atoms with Crippen LogP contribution in [-0.2, 0) is 11.2 Å². The van der Waals surface area contributed by atoms with E-state index in [2.05, 4.69) is 25.9 Å². The molecule has 1 heterocycles. The molecule has 0 unspecified atom stereocenters. The number of hydrogen-bond donors (Lipinski definition) is 3. The normalized spacial score (nSPS) is 10.3. The average molecular weight is 331 g/mol. The first kappa shape index (κ1) is 17.7. The summed E-state index contributed by atoms with van der Waals surface area (Å²) in [7, 11) is 0. The maximum absolute atomic E-state index is 13.5. The Balaban J connectivity index is 1.76. The molecule has 2 aromatic rings. The summed E-state index contributed by atoms with van der Waals surface area (Å²) in [6.45, 7) is 5.56. The van der Waals surface area contributed by atoms with Gasteiger partial charge in [0.25, 0.3) is 0 Å². The number of aryl methyl sites for hydroxylation is 1. The van der Waals surface area contributed by atoms with Crippen molar-refractivity contribution in [1.29, 1.82) is 0 Å². The summed E-state index contributed by atoms with van der Waals surface area (Å²) in [5.74, 6) is 0.681. The van der Waals surface area contributed by atoms with Gasteiger partial charge in [-0.05, 0) is 25.5 Å². The van der Waals surface area contributed by atoms with Gasteiger partial charge >= 0.3 is 0 Å². The zero-order chi connectivity index (χ0) is 17.4. The Kier molecular flexibility index (Phi) is 6.48. The second-order valence-electron chi connectivity index (χ2n) is 5.29. The quantitative estimate of drug-likeness (QED) is 0.646. The zero-order valence-corrected chi connectivity index (χ0v) is 13.9. The number of amides is 1. The zero-order valence-electron chi connectivity index (χ0n) is 13.9. The van der Waals surface area contributed by atoms with Gasteiger partial charge in [-0.3, -0.25) is 4.79 Å². The summed E-state index contributed by atoms with van der Waals surface area (Å²) < 4.78 is 13.5. The van der Waals surface area contributed by atoms with Crippen LogP contribution < -0.4 is 16.0 Å². The minimum absolute atomic E-state index is 0.0260. The van der Waals surface area contributed by atoms with Gasteiger partial charge in [0.15, 0.2) is 0 Å². The second-order valence-corrected chi connectivity index (χ2v) is 5.29. The molecule has 1 amide bonds. The fourth-order valence-electron chi connectivity index (χ4n) is 2.17. The highest BCUT2D eigenvalue weighted by atomic mass is 19.1. The summed E-state index contributed by atoms with van der Waals surface area (Å²) in [4.78, 5) is 20.4. The van der Waals surface area contributed by atoms with Crippen LogP contribution in [0.5, 0.6) is 0 Å². The lowest BCUT2D eigenvalue weighted by atomic mass is 10.1. The van der Waals surface area contributed by atoms with Crippen LogP contribution in [0, 0.1) is 12.7 Å². The number of nitrogens with zero attached hydrogens (tertiary/aromatic N) is 2. The molecule has 0 saturated carbocycles. The van der Waals surface area contributed by atoms with E-state index in [1.165, 1.54) is 6.07 Å². The maximum Gasteiger partial charge on any atom is 0.224 e. The maximum atomic E-state index is 13.5. The fourth-order valence-corrected chi connectivity index (χ4v) is 2.17. The number of halogens is 1. The Morgan fingerprint density at radius 2 is 1.96 bits per heavy atom. The lowest BCUT2D eigenvalue weighted by Crippen LogP contribution is -2.30. The van der Waals surface area contributed by atoms with Crippen molar-refractivity contribution < 1.29 is 9.18 Å².